The van der Waals surface area contributed by atoms with E-state index < -0.39 is 35.2 Å². The minimum atomic E-state index is -5.26. The van der Waals surface area contributed by atoms with Crippen molar-refractivity contribution in [3.05, 3.63) is 59.7 Å². The number of ether oxygens (including phenoxy) is 1. The van der Waals surface area contributed by atoms with Crippen LogP contribution < -0.4 is 10.6 Å². The van der Waals surface area contributed by atoms with Crippen LogP contribution in [0.5, 0.6) is 0 Å². The van der Waals surface area contributed by atoms with Gasteiger partial charge in [-0.1, -0.05) is 48.5 Å². The number of fused-ring (bicyclic) bond motifs is 3. The van der Waals surface area contributed by atoms with Crippen molar-refractivity contribution >= 4 is 18.0 Å². The molecule has 176 valence electrons. The average Bonchev–Trinajstić information content (AvgIpc) is 3.04. The van der Waals surface area contributed by atoms with Crippen LogP contribution in [0.1, 0.15) is 37.8 Å². The molecular formula is C23H23F3N2O5. The molecule has 2 aromatic carbocycles. The zero-order chi connectivity index (χ0) is 24.6. The molecule has 0 saturated carbocycles. The predicted octanol–water partition coefficient (Wildman–Crippen LogP) is 3.83. The zero-order valence-corrected chi connectivity index (χ0v) is 18.1. The van der Waals surface area contributed by atoms with E-state index in [0.717, 1.165) is 36.1 Å². The number of nitrogens with one attached hydrogen (secondary N) is 2. The smallest absolute Gasteiger partial charge is 0.422 e. The van der Waals surface area contributed by atoms with Gasteiger partial charge in [-0.05, 0) is 43.0 Å². The maximum absolute atomic E-state index is 13.2. The summed E-state index contributed by atoms with van der Waals surface area (Å²) in [4.78, 5) is 36.0. The summed E-state index contributed by atoms with van der Waals surface area (Å²) in [5.41, 5.74) is -1.45. The molecule has 0 fully saturated rings. The van der Waals surface area contributed by atoms with Crippen molar-refractivity contribution in [1.82, 2.24) is 10.6 Å². The number of halogens is 3. The Labute approximate surface area is 187 Å². The first-order chi connectivity index (χ1) is 15.3. The van der Waals surface area contributed by atoms with Gasteiger partial charge in [-0.15, -0.1) is 0 Å². The molecule has 0 spiro atoms. The number of benzene rings is 2. The van der Waals surface area contributed by atoms with E-state index in [9.17, 15) is 27.6 Å². The molecule has 1 unspecified atom stereocenters. The minimum Gasteiger partial charge on any atom is -0.479 e. The van der Waals surface area contributed by atoms with Crippen LogP contribution in [0.4, 0.5) is 18.0 Å². The molecule has 0 aromatic heterocycles. The quantitative estimate of drug-likeness (QED) is 0.603. The van der Waals surface area contributed by atoms with E-state index in [1.54, 1.807) is 0 Å². The second-order valence-corrected chi connectivity index (χ2v) is 8.46. The monoisotopic (exact) mass is 464 g/mol. The topological polar surface area (TPSA) is 105 Å². The number of carbonyl (C=O) groups is 3. The standard InChI is InChI=1S/C23H23F3N2O5/c1-21(2,18(29)27-22(3,19(30)31)23(24,25)26)28-20(32)33-12-17-15-10-6-4-8-13(15)14-9-5-7-11-16(14)17/h4-11,17H,12H2,1-3H3,(H,27,29)(H,28,32)(H,30,31). The number of carboxylic acids is 1. The number of alkyl halides is 3. The first kappa shape index (κ1) is 24.1. The largest absolute Gasteiger partial charge is 0.479 e. The van der Waals surface area contributed by atoms with Gasteiger partial charge in [0.1, 0.15) is 12.1 Å². The Balaban J connectivity index is 1.68. The first-order valence-electron chi connectivity index (χ1n) is 10.0. The number of alkyl carbamates (subject to hydrolysis) is 1. The van der Waals surface area contributed by atoms with E-state index in [-0.39, 0.29) is 12.5 Å². The summed E-state index contributed by atoms with van der Waals surface area (Å²) in [6.45, 7) is 2.55. The van der Waals surface area contributed by atoms with Gasteiger partial charge in [-0.25, -0.2) is 9.59 Å². The van der Waals surface area contributed by atoms with Gasteiger partial charge in [0.2, 0.25) is 11.4 Å². The number of carbonyl (C=O) groups excluding carboxylic acids is 2. The second-order valence-electron chi connectivity index (χ2n) is 8.46. The molecule has 0 radical (unpaired) electrons. The molecule has 1 atom stereocenters. The number of amides is 2. The molecule has 1 aliphatic rings. The number of carboxylic acid groups (broad SMARTS) is 1. The summed E-state index contributed by atoms with van der Waals surface area (Å²) in [6, 6.07) is 15.3. The molecule has 1 aliphatic carbocycles. The van der Waals surface area contributed by atoms with Crippen molar-refractivity contribution in [3.63, 3.8) is 0 Å². The fourth-order valence-corrected chi connectivity index (χ4v) is 3.58. The zero-order valence-electron chi connectivity index (χ0n) is 18.1. The van der Waals surface area contributed by atoms with Crippen LogP contribution in [0.3, 0.4) is 0 Å². The normalized spacial score (nSPS) is 15.1. The molecule has 0 bridgehead atoms. The third kappa shape index (κ3) is 4.50. The Morgan fingerprint density at radius 3 is 1.85 bits per heavy atom. The predicted molar refractivity (Wildman–Crippen MR) is 113 cm³/mol. The fraction of sp³-hybridized carbons (Fsp3) is 0.348. The maximum Gasteiger partial charge on any atom is 0.422 e. The van der Waals surface area contributed by atoms with E-state index in [4.69, 9.17) is 9.84 Å². The third-order valence-electron chi connectivity index (χ3n) is 5.68. The van der Waals surface area contributed by atoms with Gasteiger partial charge in [0.15, 0.2) is 0 Å². The van der Waals surface area contributed by atoms with Crippen LogP contribution in [0.15, 0.2) is 48.5 Å². The van der Waals surface area contributed by atoms with E-state index in [1.165, 1.54) is 5.32 Å². The summed E-state index contributed by atoms with van der Waals surface area (Å²) < 4.78 is 44.9. The molecule has 2 amide bonds. The van der Waals surface area contributed by atoms with Crippen molar-refractivity contribution in [2.45, 2.75) is 43.9 Å². The van der Waals surface area contributed by atoms with Gasteiger partial charge in [-0.3, -0.25) is 4.79 Å². The summed E-state index contributed by atoms with van der Waals surface area (Å²) in [5.74, 6) is -3.86. The lowest BCUT2D eigenvalue weighted by Crippen LogP contribution is -2.67. The van der Waals surface area contributed by atoms with Gasteiger partial charge in [-0.2, -0.15) is 13.2 Å². The molecule has 3 rings (SSSR count). The van der Waals surface area contributed by atoms with Crippen molar-refractivity contribution in [1.29, 1.82) is 0 Å². The lowest BCUT2D eigenvalue weighted by Gasteiger charge is -2.33. The van der Waals surface area contributed by atoms with Gasteiger partial charge < -0.3 is 20.5 Å². The Hall–Kier alpha value is -3.56. The summed E-state index contributed by atoms with van der Waals surface area (Å²) in [7, 11) is 0. The molecule has 0 aliphatic heterocycles. The van der Waals surface area contributed by atoms with Crippen molar-refractivity contribution in [3.8, 4) is 11.1 Å². The van der Waals surface area contributed by atoms with Crippen LogP contribution in [-0.2, 0) is 14.3 Å². The highest BCUT2D eigenvalue weighted by Crippen LogP contribution is 2.44. The highest BCUT2D eigenvalue weighted by Gasteiger charge is 2.59. The molecule has 0 heterocycles. The maximum atomic E-state index is 13.2. The fourth-order valence-electron chi connectivity index (χ4n) is 3.58. The molecule has 3 N–H and O–H groups in total. The number of rotatable bonds is 6. The third-order valence-corrected chi connectivity index (χ3v) is 5.68. The molecule has 33 heavy (non-hydrogen) atoms. The van der Waals surface area contributed by atoms with E-state index >= 15 is 0 Å². The lowest BCUT2D eigenvalue weighted by atomic mass is 9.97. The van der Waals surface area contributed by atoms with Gasteiger partial charge in [0, 0.05) is 5.92 Å². The van der Waals surface area contributed by atoms with Gasteiger partial charge in [0.05, 0.1) is 0 Å². The van der Waals surface area contributed by atoms with Crippen LogP contribution in [0, 0.1) is 0 Å². The van der Waals surface area contributed by atoms with Crippen LogP contribution in [-0.4, -0.2) is 46.9 Å². The Morgan fingerprint density at radius 1 is 0.909 bits per heavy atom. The van der Waals surface area contributed by atoms with Crippen molar-refractivity contribution in [2.24, 2.45) is 0 Å². The lowest BCUT2D eigenvalue weighted by molar-refractivity contribution is -0.207. The van der Waals surface area contributed by atoms with Gasteiger partial charge in [0.25, 0.3) is 0 Å². The Bertz CT molecular complexity index is 1050. The van der Waals surface area contributed by atoms with E-state index in [1.807, 2.05) is 48.5 Å². The highest BCUT2D eigenvalue weighted by molar-refractivity contribution is 5.94. The molecule has 2 aromatic rings. The van der Waals surface area contributed by atoms with Crippen molar-refractivity contribution < 1.29 is 37.4 Å². The second kappa shape index (κ2) is 8.42. The average molecular weight is 464 g/mol. The van der Waals surface area contributed by atoms with E-state index in [2.05, 4.69) is 5.32 Å². The number of aliphatic carboxylic acids is 1. The summed E-state index contributed by atoms with van der Waals surface area (Å²) in [5, 5.41) is 12.7. The van der Waals surface area contributed by atoms with Crippen LogP contribution in [0.25, 0.3) is 11.1 Å². The Morgan fingerprint density at radius 2 is 1.39 bits per heavy atom. The minimum absolute atomic E-state index is 0.0625. The summed E-state index contributed by atoms with van der Waals surface area (Å²) in [6.07, 6.45) is -6.28. The number of hydrogen-bond acceptors (Lipinski definition) is 4. The first-order valence-corrected chi connectivity index (χ1v) is 10.0. The van der Waals surface area contributed by atoms with Crippen LogP contribution in [0.2, 0.25) is 0 Å². The highest BCUT2D eigenvalue weighted by atomic mass is 19.4. The van der Waals surface area contributed by atoms with Gasteiger partial charge >= 0.3 is 18.2 Å². The van der Waals surface area contributed by atoms with Crippen LogP contribution >= 0.6 is 0 Å². The van der Waals surface area contributed by atoms with E-state index in [0.29, 0.717) is 6.92 Å². The SMILES string of the molecule is CC(C)(NC(=O)OCC1c2ccccc2-c2ccccc21)C(=O)NC(C)(C(=O)O)C(F)(F)F. The number of hydrogen-bond donors (Lipinski definition) is 3. The van der Waals surface area contributed by atoms with Crippen molar-refractivity contribution in [2.75, 3.05) is 6.61 Å². The molecule has 0 saturated heterocycles. The molecule has 10 heteroatoms. The Kier molecular flexibility index (Phi) is 6.14. The molecular weight excluding hydrogens is 441 g/mol. The molecule has 7 nitrogen and oxygen atoms in total. The summed E-state index contributed by atoms with van der Waals surface area (Å²) >= 11 is 0.